The van der Waals surface area contributed by atoms with E-state index < -0.39 is 0 Å². The van der Waals surface area contributed by atoms with E-state index in [-0.39, 0.29) is 0 Å². The molecule has 2 heteroatoms. The molecule has 1 fully saturated rings. The van der Waals surface area contributed by atoms with Crippen molar-refractivity contribution in [1.82, 2.24) is 5.06 Å². The average Bonchev–Trinajstić information content (AvgIpc) is 2.64. The molecular weight excluding hydrogens is 162 g/mol. The lowest BCUT2D eigenvalue weighted by Crippen LogP contribution is -2.26. The van der Waals surface area contributed by atoms with Gasteiger partial charge in [-0.25, -0.2) is 0 Å². The van der Waals surface area contributed by atoms with Crippen molar-refractivity contribution in [2.75, 3.05) is 13.1 Å². The molecule has 0 amide bonds. The van der Waals surface area contributed by atoms with E-state index >= 15 is 0 Å². The molecule has 78 valence electrons. The summed E-state index contributed by atoms with van der Waals surface area (Å²) in [7, 11) is 0. The fraction of sp³-hybridized carbons (Fsp3) is 1.00. The molecule has 0 saturated carbocycles. The Balaban J connectivity index is 2.13. The van der Waals surface area contributed by atoms with E-state index in [1.807, 2.05) is 0 Å². The van der Waals surface area contributed by atoms with Crippen molar-refractivity contribution in [1.29, 1.82) is 0 Å². The molecule has 1 aliphatic heterocycles. The van der Waals surface area contributed by atoms with E-state index in [9.17, 15) is 0 Å². The average molecular weight is 185 g/mol. The van der Waals surface area contributed by atoms with Crippen LogP contribution >= 0.6 is 0 Å². The number of rotatable bonds is 6. The molecule has 1 aliphatic rings. The monoisotopic (exact) mass is 185 g/mol. The molecular formula is C11H23NO. The quantitative estimate of drug-likeness (QED) is 0.631. The molecule has 0 radical (unpaired) electrons. The summed E-state index contributed by atoms with van der Waals surface area (Å²) in [6.07, 6.45) is 8.04. The van der Waals surface area contributed by atoms with Gasteiger partial charge in [0, 0.05) is 13.1 Å². The van der Waals surface area contributed by atoms with E-state index in [1.54, 1.807) is 0 Å². The highest BCUT2D eigenvalue weighted by Crippen LogP contribution is 2.15. The molecule has 0 N–H and O–H groups in total. The number of nitrogens with zero attached hydrogens (tertiary/aromatic N) is 1. The first kappa shape index (κ1) is 11.0. The Labute approximate surface area is 82.2 Å². The van der Waals surface area contributed by atoms with Crippen molar-refractivity contribution < 1.29 is 4.84 Å². The number of hydrogen-bond donors (Lipinski definition) is 0. The van der Waals surface area contributed by atoms with Crippen LogP contribution in [0.4, 0.5) is 0 Å². The van der Waals surface area contributed by atoms with Gasteiger partial charge in [0.25, 0.3) is 0 Å². The highest BCUT2D eigenvalue weighted by atomic mass is 16.7. The second-order valence-electron chi connectivity index (χ2n) is 3.91. The van der Waals surface area contributed by atoms with Gasteiger partial charge < -0.3 is 0 Å². The molecule has 1 atom stereocenters. The topological polar surface area (TPSA) is 12.5 Å². The van der Waals surface area contributed by atoms with Crippen LogP contribution in [-0.2, 0) is 4.84 Å². The van der Waals surface area contributed by atoms with Crippen LogP contribution in [-0.4, -0.2) is 24.3 Å². The predicted molar refractivity (Wildman–Crippen MR) is 55.5 cm³/mol. The lowest BCUT2D eigenvalue weighted by atomic mass is 10.1. The van der Waals surface area contributed by atoms with Gasteiger partial charge in [-0.1, -0.05) is 26.7 Å². The maximum Gasteiger partial charge on any atom is 0.0790 e. The second-order valence-corrected chi connectivity index (χ2v) is 3.91. The molecule has 0 bridgehead atoms. The van der Waals surface area contributed by atoms with E-state index in [1.165, 1.54) is 32.1 Å². The minimum absolute atomic E-state index is 0.470. The zero-order valence-electron chi connectivity index (χ0n) is 9.09. The molecule has 1 saturated heterocycles. The van der Waals surface area contributed by atoms with Gasteiger partial charge in [-0.05, 0) is 25.7 Å². The SMILES string of the molecule is CCCCC(CC)ON1CCCC1. The van der Waals surface area contributed by atoms with Gasteiger partial charge in [0.15, 0.2) is 0 Å². The summed E-state index contributed by atoms with van der Waals surface area (Å²) in [4.78, 5) is 5.90. The van der Waals surface area contributed by atoms with Crippen molar-refractivity contribution >= 4 is 0 Å². The Morgan fingerprint density at radius 3 is 2.46 bits per heavy atom. The van der Waals surface area contributed by atoms with Crippen LogP contribution in [0, 0.1) is 0 Å². The third-order valence-corrected chi connectivity index (χ3v) is 2.70. The molecule has 0 aromatic heterocycles. The molecule has 0 spiro atoms. The summed E-state index contributed by atoms with van der Waals surface area (Å²) in [5.41, 5.74) is 0. The second kappa shape index (κ2) is 6.39. The third kappa shape index (κ3) is 4.10. The predicted octanol–water partition coefficient (Wildman–Crippen LogP) is 2.98. The first-order valence-corrected chi connectivity index (χ1v) is 5.78. The van der Waals surface area contributed by atoms with Gasteiger partial charge in [-0.3, -0.25) is 4.84 Å². The van der Waals surface area contributed by atoms with Crippen molar-refractivity contribution in [3.63, 3.8) is 0 Å². The van der Waals surface area contributed by atoms with E-state index in [2.05, 4.69) is 18.9 Å². The van der Waals surface area contributed by atoms with E-state index in [0.717, 1.165) is 19.5 Å². The zero-order chi connectivity index (χ0) is 9.52. The number of hydrogen-bond acceptors (Lipinski definition) is 2. The summed E-state index contributed by atoms with van der Waals surface area (Å²) in [6.45, 7) is 6.74. The molecule has 1 unspecified atom stereocenters. The Hall–Kier alpha value is -0.0800. The highest BCUT2D eigenvalue weighted by Gasteiger charge is 2.16. The van der Waals surface area contributed by atoms with E-state index in [0.29, 0.717) is 6.10 Å². The van der Waals surface area contributed by atoms with Crippen LogP contribution in [0.25, 0.3) is 0 Å². The number of unbranched alkanes of at least 4 members (excludes halogenated alkanes) is 1. The summed E-state index contributed by atoms with van der Waals surface area (Å²) in [5, 5.41) is 2.16. The Morgan fingerprint density at radius 1 is 1.23 bits per heavy atom. The maximum atomic E-state index is 5.90. The minimum atomic E-state index is 0.470. The molecule has 1 heterocycles. The maximum absolute atomic E-state index is 5.90. The minimum Gasteiger partial charge on any atom is -0.296 e. The summed E-state index contributed by atoms with van der Waals surface area (Å²) in [5.74, 6) is 0. The van der Waals surface area contributed by atoms with Gasteiger partial charge in [0.05, 0.1) is 6.10 Å². The first-order valence-electron chi connectivity index (χ1n) is 5.78. The summed E-state index contributed by atoms with van der Waals surface area (Å²) < 4.78 is 0. The molecule has 13 heavy (non-hydrogen) atoms. The largest absolute Gasteiger partial charge is 0.296 e. The van der Waals surface area contributed by atoms with Gasteiger partial charge >= 0.3 is 0 Å². The standard InChI is InChI=1S/C11H23NO/c1-3-5-8-11(4-2)13-12-9-6-7-10-12/h11H,3-10H2,1-2H3. The number of hydroxylamine groups is 2. The summed E-state index contributed by atoms with van der Waals surface area (Å²) >= 11 is 0. The molecule has 0 aromatic carbocycles. The molecule has 0 aliphatic carbocycles. The van der Waals surface area contributed by atoms with Gasteiger partial charge in [-0.2, -0.15) is 5.06 Å². The smallest absolute Gasteiger partial charge is 0.0790 e. The fourth-order valence-electron chi connectivity index (χ4n) is 1.77. The van der Waals surface area contributed by atoms with Crippen LogP contribution in [0.15, 0.2) is 0 Å². The molecule has 2 nitrogen and oxygen atoms in total. The Bertz CT molecular complexity index is 121. The van der Waals surface area contributed by atoms with Gasteiger partial charge in [0.1, 0.15) is 0 Å². The molecule has 0 aromatic rings. The van der Waals surface area contributed by atoms with Crippen LogP contribution < -0.4 is 0 Å². The van der Waals surface area contributed by atoms with Crippen molar-refractivity contribution in [3.05, 3.63) is 0 Å². The van der Waals surface area contributed by atoms with Gasteiger partial charge in [0.2, 0.25) is 0 Å². The van der Waals surface area contributed by atoms with Crippen molar-refractivity contribution in [2.45, 2.75) is 58.5 Å². The van der Waals surface area contributed by atoms with Crippen LogP contribution in [0.1, 0.15) is 52.4 Å². The van der Waals surface area contributed by atoms with Crippen molar-refractivity contribution in [3.8, 4) is 0 Å². The highest BCUT2D eigenvalue weighted by molar-refractivity contribution is 4.60. The zero-order valence-corrected chi connectivity index (χ0v) is 9.09. The van der Waals surface area contributed by atoms with Crippen LogP contribution in [0.5, 0.6) is 0 Å². The molecule has 1 rings (SSSR count). The van der Waals surface area contributed by atoms with E-state index in [4.69, 9.17) is 4.84 Å². The Morgan fingerprint density at radius 2 is 1.92 bits per heavy atom. The van der Waals surface area contributed by atoms with Gasteiger partial charge in [-0.15, -0.1) is 0 Å². The fourth-order valence-corrected chi connectivity index (χ4v) is 1.77. The Kier molecular flexibility index (Phi) is 5.40. The normalized spacial score (nSPS) is 20.8. The third-order valence-electron chi connectivity index (χ3n) is 2.70. The lowest BCUT2D eigenvalue weighted by Gasteiger charge is -2.22. The van der Waals surface area contributed by atoms with Crippen molar-refractivity contribution in [2.24, 2.45) is 0 Å². The lowest BCUT2D eigenvalue weighted by molar-refractivity contribution is -0.187. The van der Waals surface area contributed by atoms with Crippen LogP contribution in [0.3, 0.4) is 0 Å². The summed E-state index contributed by atoms with van der Waals surface area (Å²) in [6, 6.07) is 0. The first-order chi connectivity index (χ1) is 6.36. The van der Waals surface area contributed by atoms with Crippen LogP contribution in [0.2, 0.25) is 0 Å².